The molecule has 23 heavy (non-hydrogen) atoms. The molecule has 122 valence electrons. The molecule has 1 aliphatic heterocycles. The summed E-state index contributed by atoms with van der Waals surface area (Å²) in [6, 6.07) is 6.56. The van der Waals surface area contributed by atoms with Crippen molar-refractivity contribution in [1.29, 1.82) is 0 Å². The molecular formula is C15H19FN6O. The zero-order valence-electron chi connectivity index (χ0n) is 12.9. The number of benzene rings is 1. The summed E-state index contributed by atoms with van der Waals surface area (Å²) in [7, 11) is 1.78. The Morgan fingerprint density at radius 2 is 2.00 bits per heavy atom. The highest BCUT2D eigenvalue weighted by atomic mass is 19.1. The Labute approximate surface area is 133 Å². The van der Waals surface area contributed by atoms with E-state index < -0.39 is 0 Å². The molecule has 0 bridgehead atoms. The van der Waals surface area contributed by atoms with Gasteiger partial charge in [-0.1, -0.05) is 12.1 Å². The second kappa shape index (κ2) is 6.64. The lowest BCUT2D eigenvalue weighted by Gasteiger charge is -2.36. The van der Waals surface area contributed by atoms with E-state index in [1.807, 2.05) is 11.0 Å². The molecular weight excluding hydrogens is 299 g/mol. The summed E-state index contributed by atoms with van der Waals surface area (Å²) in [6.45, 7) is 2.62. The second-order valence-corrected chi connectivity index (χ2v) is 5.42. The van der Waals surface area contributed by atoms with E-state index in [1.165, 1.54) is 6.07 Å². The van der Waals surface area contributed by atoms with E-state index in [-0.39, 0.29) is 11.8 Å². The highest BCUT2D eigenvalue weighted by molar-refractivity contribution is 5.74. The summed E-state index contributed by atoms with van der Waals surface area (Å²) in [5.74, 6) is 0.345. The minimum absolute atomic E-state index is 0.148. The van der Waals surface area contributed by atoms with Gasteiger partial charge >= 0.3 is 6.03 Å². The first kappa shape index (κ1) is 15.3. The molecule has 8 heteroatoms. The SMILES string of the molecule is Cn1cnc(CNC(=O)N2CCN(c3ccccc3F)CC2)n1. The van der Waals surface area contributed by atoms with Crippen molar-refractivity contribution in [3.8, 4) is 0 Å². The number of carbonyl (C=O) groups excluding carboxylic acids is 1. The zero-order valence-corrected chi connectivity index (χ0v) is 12.9. The fourth-order valence-corrected chi connectivity index (χ4v) is 2.59. The Bertz CT molecular complexity index is 680. The van der Waals surface area contributed by atoms with E-state index in [1.54, 1.807) is 35.1 Å². The quantitative estimate of drug-likeness (QED) is 0.916. The third-order valence-corrected chi connectivity index (χ3v) is 3.80. The van der Waals surface area contributed by atoms with Crippen LogP contribution < -0.4 is 10.2 Å². The fraction of sp³-hybridized carbons (Fsp3) is 0.400. The van der Waals surface area contributed by atoms with Crippen LogP contribution in [0, 0.1) is 5.82 Å². The maximum Gasteiger partial charge on any atom is 0.317 e. The van der Waals surface area contributed by atoms with Gasteiger partial charge in [-0.3, -0.25) is 4.68 Å². The molecule has 0 saturated carbocycles. The third kappa shape index (κ3) is 3.58. The monoisotopic (exact) mass is 318 g/mol. The van der Waals surface area contributed by atoms with Crippen LogP contribution in [0.15, 0.2) is 30.6 Å². The maximum atomic E-state index is 13.8. The fourth-order valence-electron chi connectivity index (χ4n) is 2.59. The molecule has 0 aliphatic carbocycles. The lowest BCUT2D eigenvalue weighted by Crippen LogP contribution is -2.52. The number of nitrogens with one attached hydrogen (secondary N) is 1. The molecule has 0 radical (unpaired) electrons. The van der Waals surface area contributed by atoms with Crippen molar-refractivity contribution in [3.63, 3.8) is 0 Å². The first-order valence-electron chi connectivity index (χ1n) is 7.50. The van der Waals surface area contributed by atoms with Gasteiger partial charge in [0.25, 0.3) is 0 Å². The molecule has 1 aliphatic rings. The standard InChI is InChI=1S/C15H19FN6O/c1-20-11-18-14(19-20)10-17-15(23)22-8-6-21(7-9-22)13-5-3-2-4-12(13)16/h2-5,11H,6-10H2,1H3,(H,17,23). The number of amides is 2. The highest BCUT2D eigenvalue weighted by Crippen LogP contribution is 2.20. The number of rotatable bonds is 3. The smallest absolute Gasteiger partial charge is 0.317 e. The van der Waals surface area contributed by atoms with Gasteiger partial charge < -0.3 is 15.1 Å². The van der Waals surface area contributed by atoms with E-state index in [0.29, 0.717) is 44.2 Å². The summed E-state index contributed by atoms with van der Waals surface area (Å²) < 4.78 is 15.4. The summed E-state index contributed by atoms with van der Waals surface area (Å²) in [5.41, 5.74) is 0.588. The summed E-state index contributed by atoms with van der Waals surface area (Å²) in [5, 5.41) is 6.92. The number of carbonyl (C=O) groups is 1. The summed E-state index contributed by atoms with van der Waals surface area (Å²) >= 11 is 0. The topological polar surface area (TPSA) is 66.3 Å². The first-order valence-corrected chi connectivity index (χ1v) is 7.50. The van der Waals surface area contributed by atoms with Crippen molar-refractivity contribution in [3.05, 3.63) is 42.2 Å². The van der Waals surface area contributed by atoms with E-state index >= 15 is 0 Å². The van der Waals surface area contributed by atoms with Gasteiger partial charge in [0, 0.05) is 33.2 Å². The Kier molecular flexibility index (Phi) is 4.40. The number of hydrogen-bond acceptors (Lipinski definition) is 4. The molecule has 1 aromatic heterocycles. The average molecular weight is 318 g/mol. The van der Waals surface area contributed by atoms with Gasteiger partial charge in [-0.05, 0) is 12.1 Å². The number of piperazine rings is 1. The molecule has 1 saturated heterocycles. The average Bonchev–Trinajstić information content (AvgIpc) is 2.99. The Morgan fingerprint density at radius 1 is 1.26 bits per heavy atom. The number of urea groups is 1. The van der Waals surface area contributed by atoms with Gasteiger partial charge in [0.05, 0.1) is 12.2 Å². The minimum Gasteiger partial charge on any atom is -0.366 e. The number of nitrogens with zero attached hydrogens (tertiary/aromatic N) is 5. The number of aryl methyl sites for hydroxylation is 1. The van der Waals surface area contributed by atoms with Crippen LogP contribution in [0.4, 0.5) is 14.9 Å². The minimum atomic E-state index is -0.230. The first-order chi connectivity index (χ1) is 11.1. The van der Waals surface area contributed by atoms with Gasteiger partial charge in [0.15, 0.2) is 5.82 Å². The molecule has 0 spiro atoms. The highest BCUT2D eigenvalue weighted by Gasteiger charge is 2.22. The third-order valence-electron chi connectivity index (χ3n) is 3.80. The Balaban J connectivity index is 1.50. The van der Waals surface area contributed by atoms with E-state index in [0.717, 1.165) is 0 Å². The van der Waals surface area contributed by atoms with Crippen molar-refractivity contribution in [2.45, 2.75) is 6.54 Å². The van der Waals surface area contributed by atoms with Crippen molar-refractivity contribution >= 4 is 11.7 Å². The number of para-hydroxylation sites is 1. The van der Waals surface area contributed by atoms with Crippen molar-refractivity contribution in [2.75, 3.05) is 31.1 Å². The zero-order chi connectivity index (χ0) is 16.2. The molecule has 3 rings (SSSR count). The van der Waals surface area contributed by atoms with E-state index in [4.69, 9.17) is 0 Å². The normalized spacial score (nSPS) is 14.9. The van der Waals surface area contributed by atoms with Gasteiger partial charge in [0.2, 0.25) is 0 Å². The second-order valence-electron chi connectivity index (χ2n) is 5.42. The molecule has 0 unspecified atom stereocenters. The lowest BCUT2D eigenvalue weighted by atomic mass is 10.2. The van der Waals surface area contributed by atoms with Crippen LogP contribution in [-0.2, 0) is 13.6 Å². The Morgan fingerprint density at radius 3 is 2.65 bits per heavy atom. The molecule has 7 nitrogen and oxygen atoms in total. The molecule has 0 atom stereocenters. The van der Waals surface area contributed by atoms with Gasteiger partial charge in [-0.25, -0.2) is 14.2 Å². The van der Waals surface area contributed by atoms with Crippen molar-refractivity contribution in [1.82, 2.24) is 25.0 Å². The maximum absolute atomic E-state index is 13.8. The molecule has 2 heterocycles. The number of halogens is 1. The largest absolute Gasteiger partial charge is 0.366 e. The van der Waals surface area contributed by atoms with Crippen LogP contribution in [0.5, 0.6) is 0 Å². The predicted molar refractivity (Wildman–Crippen MR) is 83.4 cm³/mol. The van der Waals surface area contributed by atoms with Crippen molar-refractivity contribution in [2.24, 2.45) is 7.05 Å². The van der Waals surface area contributed by atoms with Crippen LogP contribution in [-0.4, -0.2) is 51.9 Å². The van der Waals surface area contributed by atoms with Crippen LogP contribution in [0.1, 0.15) is 5.82 Å². The van der Waals surface area contributed by atoms with Gasteiger partial charge in [-0.2, -0.15) is 5.10 Å². The van der Waals surface area contributed by atoms with Crippen LogP contribution in [0.2, 0.25) is 0 Å². The molecule has 1 N–H and O–H groups in total. The van der Waals surface area contributed by atoms with E-state index in [2.05, 4.69) is 15.4 Å². The number of anilines is 1. The Hall–Kier alpha value is -2.64. The van der Waals surface area contributed by atoms with E-state index in [9.17, 15) is 9.18 Å². The lowest BCUT2D eigenvalue weighted by molar-refractivity contribution is 0.193. The summed E-state index contributed by atoms with van der Waals surface area (Å²) in [6.07, 6.45) is 1.59. The van der Waals surface area contributed by atoms with Gasteiger partial charge in [0.1, 0.15) is 12.1 Å². The predicted octanol–water partition coefficient (Wildman–Crippen LogP) is 0.986. The van der Waals surface area contributed by atoms with Crippen molar-refractivity contribution < 1.29 is 9.18 Å². The van der Waals surface area contributed by atoms with Crippen LogP contribution >= 0.6 is 0 Å². The molecule has 1 fully saturated rings. The summed E-state index contributed by atoms with van der Waals surface area (Å²) in [4.78, 5) is 19.9. The number of aromatic nitrogens is 3. The molecule has 2 aromatic rings. The van der Waals surface area contributed by atoms with Crippen LogP contribution in [0.3, 0.4) is 0 Å². The van der Waals surface area contributed by atoms with Crippen LogP contribution in [0.25, 0.3) is 0 Å². The van der Waals surface area contributed by atoms with Gasteiger partial charge in [-0.15, -0.1) is 0 Å². The molecule has 2 amide bonds. The molecule has 1 aromatic carbocycles. The number of hydrogen-bond donors (Lipinski definition) is 1.